The van der Waals surface area contributed by atoms with Gasteiger partial charge in [0.1, 0.15) is 5.82 Å². The van der Waals surface area contributed by atoms with Gasteiger partial charge in [0.25, 0.3) is 5.91 Å². The summed E-state index contributed by atoms with van der Waals surface area (Å²) in [6.45, 7) is 0.892. The van der Waals surface area contributed by atoms with Gasteiger partial charge in [-0.25, -0.2) is 4.39 Å². The van der Waals surface area contributed by atoms with Crippen LogP contribution in [0.5, 0.6) is 0 Å². The molecule has 0 fully saturated rings. The van der Waals surface area contributed by atoms with Crippen molar-refractivity contribution < 1.29 is 9.18 Å². The number of fused-ring (bicyclic) bond motifs is 1. The smallest absolute Gasteiger partial charge is 0.251 e. The molecular weight excluding hydrogens is 377 g/mol. The van der Waals surface area contributed by atoms with Gasteiger partial charge in [-0.05, 0) is 47.5 Å². The first kappa shape index (κ1) is 18.2. The SMILES string of the molecule is O=C(NCc1cccc(Cl)c1)c1ccc2cnn(Cc3ccc(F)cc3)c2c1. The van der Waals surface area contributed by atoms with Crippen LogP contribution >= 0.6 is 11.6 Å². The highest BCUT2D eigenvalue weighted by molar-refractivity contribution is 6.30. The van der Waals surface area contributed by atoms with Gasteiger partial charge in [0.15, 0.2) is 0 Å². The topological polar surface area (TPSA) is 46.9 Å². The third-order valence-corrected chi connectivity index (χ3v) is 4.73. The molecule has 0 saturated heterocycles. The fourth-order valence-electron chi connectivity index (χ4n) is 3.03. The summed E-state index contributed by atoms with van der Waals surface area (Å²) in [6.07, 6.45) is 1.76. The summed E-state index contributed by atoms with van der Waals surface area (Å²) in [5.74, 6) is -0.441. The van der Waals surface area contributed by atoms with Crippen LogP contribution in [0.2, 0.25) is 5.02 Å². The molecule has 6 heteroatoms. The quantitative estimate of drug-likeness (QED) is 0.529. The first-order valence-electron chi connectivity index (χ1n) is 8.81. The van der Waals surface area contributed by atoms with Crippen LogP contribution in [0.3, 0.4) is 0 Å². The molecule has 1 heterocycles. The molecule has 3 aromatic carbocycles. The highest BCUT2D eigenvalue weighted by Gasteiger charge is 2.10. The van der Waals surface area contributed by atoms with Gasteiger partial charge >= 0.3 is 0 Å². The van der Waals surface area contributed by atoms with Crippen molar-refractivity contribution in [3.8, 4) is 0 Å². The van der Waals surface area contributed by atoms with Crippen LogP contribution in [0.15, 0.2) is 72.9 Å². The van der Waals surface area contributed by atoms with Crippen molar-refractivity contribution >= 4 is 28.4 Å². The second kappa shape index (κ2) is 7.82. The highest BCUT2D eigenvalue weighted by atomic mass is 35.5. The lowest BCUT2D eigenvalue weighted by Gasteiger charge is -2.08. The number of aromatic nitrogens is 2. The maximum Gasteiger partial charge on any atom is 0.251 e. The molecule has 140 valence electrons. The number of nitrogens with zero attached hydrogens (tertiary/aromatic N) is 2. The number of halogens is 2. The van der Waals surface area contributed by atoms with Crippen LogP contribution in [-0.2, 0) is 13.1 Å². The minimum absolute atomic E-state index is 0.170. The van der Waals surface area contributed by atoms with Gasteiger partial charge in [0.2, 0.25) is 0 Å². The standard InChI is InChI=1S/C22H17ClFN3O/c23-19-3-1-2-16(10-19)12-25-22(28)17-6-7-18-13-26-27(21(18)11-17)14-15-4-8-20(24)9-5-15/h1-11,13H,12,14H2,(H,25,28). The lowest BCUT2D eigenvalue weighted by molar-refractivity contribution is 0.0951. The molecule has 0 aliphatic rings. The summed E-state index contributed by atoms with van der Waals surface area (Å²) in [5, 5.41) is 8.87. The summed E-state index contributed by atoms with van der Waals surface area (Å²) in [4.78, 5) is 12.6. The van der Waals surface area contributed by atoms with Crippen LogP contribution in [0.4, 0.5) is 4.39 Å². The Hall–Kier alpha value is -3.18. The van der Waals surface area contributed by atoms with Gasteiger partial charge < -0.3 is 5.32 Å². The summed E-state index contributed by atoms with van der Waals surface area (Å²) in [7, 11) is 0. The first-order chi connectivity index (χ1) is 13.6. The largest absolute Gasteiger partial charge is 0.348 e. The molecule has 0 bridgehead atoms. The van der Waals surface area contributed by atoms with Gasteiger partial charge in [-0.15, -0.1) is 0 Å². The molecule has 4 aromatic rings. The molecule has 28 heavy (non-hydrogen) atoms. The summed E-state index contributed by atoms with van der Waals surface area (Å²) in [6, 6.07) is 19.2. The van der Waals surface area contributed by atoms with Crippen molar-refractivity contribution in [1.29, 1.82) is 0 Å². The van der Waals surface area contributed by atoms with E-state index in [1.54, 1.807) is 35.1 Å². The van der Waals surface area contributed by atoms with Crippen LogP contribution in [0, 0.1) is 5.82 Å². The van der Waals surface area contributed by atoms with Gasteiger partial charge in [0.05, 0.1) is 18.3 Å². The van der Waals surface area contributed by atoms with E-state index in [-0.39, 0.29) is 11.7 Å². The molecule has 0 aliphatic carbocycles. The number of benzene rings is 3. The fourth-order valence-corrected chi connectivity index (χ4v) is 3.24. The second-order valence-electron chi connectivity index (χ2n) is 6.51. The van der Waals surface area contributed by atoms with E-state index in [2.05, 4.69) is 10.4 Å². The molecule has 1 aromatic heterocycles. The normalized spacial score (nSPS) is 10.9. The van der Waals surface area contributed by atoms with E-state index in [9.17, 15) is 9.18 Å². The molecule has 0 radical (unpaired) electrons. The Morgan fingerprint density at radius 2 is 1.86 bits per heavy atom. The van der Waals surface area contributed by atoms with Crippen LogP contribution in [0.25, 0.3) is 10.9 Å². The van der Waals surface area contributed by atoms with E-state index in [1.165, 1.54) is 12.1 Å². The van der Waals surface area contributed by atoms with Crippen LogP contribution in [-0.4, -0.2) is 15.7 Å². The predicted molar refractivity (Wildman–Crippen MR) is 108 cm³/mol. The number of hydrogen-bond acceptors (Lipinski definition) is 2. The zero-order valence-electron chi connectivity index (χ0n) is 14.9. The zero-order valence-corrected chi connectivity index (χ0v) is 15.7. The van der Waals surface area contributed by atoms with E-state index in [0.29, 0.717) is 23.7 Å². The molecule has 0 aliphatic heterocycles. The van der Waals surface area contributed by atoms with Crippen molar-refractivity contribution in [2.24, 2.45) is 0 Å². The summed E-state index contributed by atoms with van der Waals surface area (Å²) < 4.78 is 14.9. The van der Waals surface area contributed by atoms with Crippen molar-refractivity contribution in [2.75, 3.05) is 0 Å². The van der Waals surface area contributed by atoms with E-state index in [1.807, 2.05) is 30.3 Å². The van der Waals surface area contributed by atoms with E-state index in [4.69, 9.17) is 11.6 Å². The number of hydrogen-bond donors (Lipinski definition) is 1. The predicted octanol–water partition coefficient (Wildman–Crippen LogP) is 4.81. The van der Waals surface area contributed by atoms with Crippen LogP contribution in [0.1, 0.15) is 21.5 Å². The summed E-state index contributed by atoms with van der Waals surface area (Å²) >= 11 is 5.98. The average molecular weight is 394 g/mol. The van der Waals surface area contributed by atoms with Crippen LogP contribution < -0.4 is 5.32 Å². The van der Waals surface area contributed by atoms with Gasteiger partial charge in [-0.1, -0.05) is 41.9 Å². The maximum atomic E-state index is 13.1. The third kappa shape index (κ3) is 4.05. The lowest BCUT2D eigenvalue weighted by Crippen LogP contribution is -2.22. The number of nitrogens with one attached hydrogen (secondary N) is 1. The molecule has 0 atom stereocenters. The molecule has 0 unspecified atom stereocenters. The van der Waals surface area contributed by atoms with E-state index in [0.717, 1.165) is 22.0 Å². The third-order valence-electron chi connectivity index (χ3n) is 4.49. The molecule has 0 saturated carbocycles. The minimum Gasteiger partial charge on any atom is -0.348 e. The maximum absolute atomic E-state index is 13.1. The fraction of sp³-hybridized carbons (Fsp3) is 0.0909. The monoisotopic (exact) mass is 393 g/mol. The Bertz CT molecular complexity index is 1140. The van der Waals surface area contributed by atoms with Crippen molar-refractivity contribution in [1.82, 2.24) is 15.1 Å². The van der Waals surface area contributed by atoms with E-state index < -0.39 is 0 Å². The van der Waals surface area contributed by atoms with Gasteiger partial charge in [-0.2, -0.15) is 5.10 Å². The molecule has 1 N–H and O–H groups in total. The van der Waals surface area contributed by atoms with E-state index >= 15 is 0 Å². The Kier molecular flexibility index (Phi) is 5.08. The summed E-state index contributed by atoms with van der Waals surface area (Å²) in [5.41, 5.74) is 3.26. The molecule has 1 amide bonds. The Morgan fingerprint density at radius 1 is 1.04 bits per heavy atom. The van der Waals surface area contributed by atoms with Crippen molar-refractivity contribution in [2.45, 2.75) is 13.1 Å². The Morgan fingerprint density at radius 3 is 2.64 bits per heavy atom. The number of rotatable bonds is 5. The number of amides is 1. The highest BCUT2D eigenvalue weighted by Crippen LogP contribution is 2.18. The first-order valence-corrected chi connectivity index (χ1v) is 9.19. The molecule has 0 spiro atoms. The zero-order chi connectivity index (χ0) is 19.5. The lowest BCUT2D eigenvalue weighted by atomic mass is 10.1. The average Bonchev–Trinajstić information content (AvgIpc) is 3.10. The second-order valence-corrected chi connectivity index (χ2v) is 6.95. The molecule has 4 rings (SSSR count). The van der Waals surface area contributed by atoms with Crippen molar-refractivity contribution in [3.63, 3.8) is 0 Å². The Labute approximate surface area is 166 Å². The number of carbonyl (C=O) groups excluding carboxylic acids is 1. The molecule has 4 nitrogen and oxygen atoms in total. The van der Waals surface area contributed by atoms with Crippen molar-refractivity contribution in [3.05, 3.63) is 100 Å². The Balaban J connectivity index is 1.53. The number of carbonyl (C=O) groups is 1. The van der Waals surface area contributed by atoms with Gasteiger partial charge in [0, 0.05) is 22.5 Å². The molecular formula is C22H17ClFN3O. The minimum atomic E-state index is -0.271. The van der Waals surface area contributed by atoms with Gasteiger partial charge in [-0.3, -0.25) is 9.48 Å².